The number of methoxy groups -OCH3 is 1. The van der Waals surface area contributed by atoms with Crippen LogP contribution in [0.4, 0.5) is 4.39 Å². The first kappa shape index (κ1) is 18.2. The lowest BCUT2D eigenvalue weighted by molar-refractivity contribution is -0.135. The van der Waals surface area contributed by atoms with Crippen LogP contribution < -0.4 is 10.1 Å². The Morgan fingerprint density at radius 1 is 1.24 bits per heavy atom. The molecule has 0 radical (unpaired) electrons. The number of amidine groups is 1. The molecule has 2 aromatic carbocycles. The summed E-state index contributed by atoms with van der Waals surface area (Å²) in [6, 6.07) is 13.1. The van der Waals surface area contributed by atoms with Gasteiger partial charge < -0.3 is 15.2 Å². The fourth-order valence-electron chi connectivity index (χ4n) is 2.19. The number of hydrogen-bond donors (Lipinski definition) is 2. The molecule has 0 bridgehead atoms. The van der Waals surface area contributed by atoms with Crippen LogP contribution >= 0.6 is 0 Å². The maximum Gasteiger partial charge on any atom is 0.325 e. The Hall–Kier alpha value is -3.15. The Bertz CT molecular complexity index is 799. The number of ether oxygens (including phenoxy) is 1. The largest absolute Gasteiger partial charge is 0.497 e. The molecule has 0 aliphatic carbocycles. The van der Waals surface area contributed by atoms with Gasteiger partial charge in [0, 0.05) is 16.8 Å². The summed E-state index contributed by atoms with van der Waals surface area (Å²) < 4.78 is 18.4. The van der Waals surface area contributed by atoms with Crippen LogP contribution in [0.3, 0.4) is 0 Å². The normalized spacial score (nSPS) is 12.0. The first-order valence-corrected chi connectivity index (χ1v) is 7.63. The predicted octanol–water partition coefficient (Wildman–Crippen LogP) is 3.32. The lowest BCUT2D eigenvalue weighted by Gasteiger charge is -2.14. The summed E-state index contributed by atoms with van der Waals surface area (Å²) in [5.41, 5.74) is 2.17. The number of carbonyl (C=O) groups is 1. The Kier molecular flexibility index (Phi) is 6.28. The molecule has 0 aliphatic rings. The number of aliphatic imine (C=N–C) groups is 1. The van der Waals surface area contributed by atoms with E-state index in [2.05, 4.69) is 10.3 Å². The highest BCUT2D eigenvalue weighted by atomic mass is 19.1. The Morgan fingerprint density at radius 3 is 2.56 bits per heavy atom. The van der Waals surface area contributed by atoms with Crippen LogP contribution in [-0.4, -0.2) is 30.6 Å². The zero-order valence-electron chi connectivity index (χ0n) is 14.0. The first-order valence-electron chi connectivity index (χ1n) is 7.63. The lowest BCUT2D eigenvalue weighted by Crippen LogP contribution is -2.24. The van der Waals surface area contributed by atoms with Crippen LogP contribution in [0, 0.1) is 5.82 Å². The van der Waals surface area contributed by atoms with Crippen molar-refractivity contribution in [3.8, 4) is 5.75 Å². The molecule has 0 amide bonds. The molecule has 0 aliphatic heterocycles. The standard InChI is InChI=1S/C19H19FN2O3/c1-3-17(14-5-4-6-16(11-14)25-2)22-19(21-12-18(23)24)13-7-9-15(20)10-8-13/h3-11H,12H2,1-2H3,(H,21,22)(H,23,24). The van der Waals surface area contributed by atoms with E-state index in [0.717, 1.165) is 11.3 Å². The minimum absolute atomic E-state index is 0.346. The van der Waals surface area contributed by atoms with Crippen molar-refractivity contribution >= 4 is 17.5 Å². The number of rotatable bonds is 6. The minimum Gasteiger partial charge on any atom is -0.497 e. The molecule has 0 saturated carbocycles. The zero-order valence-corrected chi connectivity index (χ0v) is 14.0. The molecule has 0 fully saturated rings. The van der Waals surface area contributed by atoms with Gasteiger partial charge in [0.2, 0.25) is 0 Å². The fraction of sp³-hybridized carbons (Fsp3) is 0.158. The smallest absolute Gasteiger partial charge is 0.325 e. The predicted molar refractivity (Wildman–Crippen MR) is 95.2 cm³/mol. The highest BCUT2D eigenvalue weighted by molar-refractivity contribution is 6.04. The molecule has 6 heteroatoms. The number of carboxylic acids is 1. The monoisotopic (exact) mass is 342 g/mol. The highest BCUT2D eigenvalue weighted by Gasteiger charge is 2.09. The molecular weight excluding hydrogens is 323 g/mol. The Morgan fingerprint density at radius 2 is 1.96 bits per heavy atom. The number of allylic oxidation sites excluding steroid dienone is 1. The van der Waals surface area contributed by atoms with Crippen molar-refractivity contribution < 1.29 is 19.0 Å². The van der Waals surface area contributed by atoms with Gasteiger partial charge in [0.25, 0.3) is 0 Å². The second-order valence-corrected chi connectivity index (χ2v) is 5.12. The number of hydrogen-bond acceptors (Lipinski definition) is 3. The van der Waals surface area contributed by atoms with Gasteiger partial charge in [0.05, 0.1) is 7.11 Å². The van der Waals surface area contributed by atoms with Crippen LogP contribution in [0.1, 0.15) is 18.1 Å². The van der Waals surface area contributed by atoms with Gasteiger partial charge in [-0.05, 0) is 43.3 Å². The van der Waals surface area contributed by atoms with E-state index in [0.29, 0.717) is 17.1 Å². The summed E-state index contributed by atoms with van der Waals surface area (Å²) in [6.45, 7) is 1.45. The maximum absolute atomic E-state index is 13.2. The van der Waals surface area contributed by atoms with E-state index in [1.54, 1.807) is 19.2 Å². The van der Waals surface area contributed by atoms with Crippen molar-refractivity contribution in [3.05, 3.63) is 71.6 Å². The number of carboxylic acid groups (broad SMARTS) is 1. The summed E-state index contributed by atoms with van der Waals surface area (Å²) in [4.78, 5) is 15.0. The van der Waals surface area contributed by atoms with Crippen molar-refractivity contribution in [2.45, 2.75) is 6.92 Å². The first-order chi connectivity index (χ1) is 12.0. The van der Waals surface area contributed by atoms with Crippen LogP contribution in [-0.2, 0) is 4.79 Å². The number of nitrogens with one attached hydrogen (secondary N) is 1. The quantitative estimate of drug-likeness (QED) is 0.624. The van der Waals surface area contributed by atoms with E-state index in [-0.39, 0.29) is 5.82 Å². The van der Waals surface area contributed by atoms with Crippen molar-refractivity contribution in [1.29, 1.82) is 0 Å². The van der Waals surface area contributed by atoms with E-state index in [4.69, 9.17) is 9.84 Å². The molecule has 0 heterocycles. The van der Waals surface area contributed by atoms with Crippen molar-refractivity contribution in [3.63, 3.8) is 0 Å². The van der Waals surface area contributed by atoms with Crippen molar-refractivity contribution in [1.82, 2.24) is 5.32 Å². The van der Waals surface area contributed by atoms with Crippen molar-refractivity contribution in [2.24, 2.45) is 4.99 Å². The lowest BCUT2D eigenvalue weighted by atomic mass is 10.1. The van der Waals surface area contributed by atoms with Gasteiger partial charge in [-0.15, -0.1) is 0 Å². The second kappa shape index (κ2) is 8.63. The topological polar surface area (TPSA) is 70.9 Å². The van der Waals surface area contributed by atoms with E-state index < -0.39 is 12.5 Å². The van der Waals surface area contributed by atoms with Gasteiger partial charge in [-0.2, -0.15) is 0 Å². The molecule has 130 valence electrons. The van der Waals surface area contributed by atoms with Crippen molar-refractivity contribution in [2.75, 3.05) is 13.7 Å². The highest BCUT2D eigenvalue weighted by Crippen LogP contribution is 2.19. The third-order valence-corrected chi connectivity index (χ3v) is 3.41. The SMILES string of the molecule is CC=C(NC(=NCC(=O)O)c1ccc(F)cc1)c1cccc(OC)c1. The van der Waals surface area contributed by atoms with E-state index in [1.165, 1.54) is 12.1 Å². The number of nitrogens with zero attached hydrogens (tertiary/aromatic N) is 1. The molecule has 0 unspecified atom stereocenters. The number of benzene rings is 2. The zero-order chi connectivity index (χ0) is 18.2. The summed E-state index contributed by atoms with van der Waals surface area (Å²) in [5, 5.41) is 12.0. The van der Waals surface area contributed by atoms with Gasteiger partial charge in [0.1, 0.15) is 23.9 Å². The molecule has 0 saturated heterocycles. The van der Waals surface area contributed by atoms with Gasteiger partial charge in [-0.25, -0.2) is 4.39 Å². The second-order valence-electron chi connectivity index (χ2n) is 5.12. The Labute approximate surface area is 145 Å². The molecule has 2 rings (SSSR count). The van der Waals surface area contributed by atoms with Gasteiger partial charge >= 0.3 is 5.97 Å². The van der Waals surface area contributed by atoms with E-state index >= 15 is 0 Å². The summed E-state index contributed by atoms with van der Waals surface area (Å²) in [6.07, 6.45) is 1.84. The van der Waals surface area contributed by atoms with Crippen LogP contribution in [0.5, 0.6) is 5.75 Å². The van der Waals surface area contributed by atoms with E-state index in [9.17, 15) is 9.18 Å². The number of halogens is 1. The minimum atomic E-state index is -1.05. The third kappa shape index (κ3) is 5.17. The number of aliphatic carboxylic acids is 1. The average Bonchev–Trinajstić information content (AvgIpc) is 2.63. The molecule has 2 N–H and O–H groups in total. The summed E-state index contributed by atoms with van der Waals surface area (Å²) >= 11 is 0. The summed E-state index contributed by atoms with van der Waals surface area (Å²) in [7, 11) is 1.58. The van der Waals surface area contributed by atoms with Gasteiger partial charge in [0.15, 0.2) is 0 Å². The average molecular weight is 342 g/mol. The summed E-state index contributed by atoms with van der Waals surface area (Å²) in [5.74, 6) is -0.381. The molecule has 25 heavy (non-hydrogen) atoms. The molecule has 2 aromatic rings. The van der Waals surface area contributed by atoms with E-state index in [1.807, 2.05) is 37.3 Å². The molecule has 0 spiro atoms. The molecule has 0 atom stereocenters. The maximum atomic E-state index is 13.2. The fourth-order valence-corrected chi connectivity index (χ4v) is 2.19. The van der Waals surface area contributed by atoms with Crippen LogP contribution in [0.2, 0.25) is 0 Å². The molecular formula is C19H19FN2O3. The Balaban J connectivity index is 2.35. The third-order valence-electron chi connectivity index (χ3n) is 3.41. The van der Waals surface area contributed by atoms with Gasteiger partial charge in [-0.3, -0.25) is 9.79 Å². The van der Waals surface area contributed by atoms with Crippen LogP contribution in [0.25, 0.3) is 5.70 Å². The molecule has 5 nitrogen and oxygen atoms in total. The van der Waals surface area contributed by atoms with Crippen LogP contribution in [0.15, 0.2) is 59.6 Å². The van der Waals surface area contributed by atoms with Gasteiger partial charge in [-0.1, -0.05) is 18.2 Å². The molecule has 0 aromatic heterocycles.